The quantitative estimate of drug-likeness (QED) is 0.468. The summed E-state index contributed by atoms with van der Waals surface area (Å²) < 4.78 is 4.80. The van der Waals surface area contributed by atoms with Gasteiger partial charge in [-0.15, -0.1) is 0 Å². The highest BCUT2D eigenvalue weighted by Crippen LogP contribution is 1.86. The molecule has 49 valence electrons. The van der Waals surface area contributed by atoms with Crippen LogP contribution in [0.5, 0.6) is 0 Å². The van der Waals surface area contributed by atoms with Crippen molar-refractivity contribution in [3.8, 4) is 0 Å². The van der Waals surface area contributed by atoms with Crippen molar-refractivity contribution >= 4 is 0 Å². The Morgan fingerprint density at radius 1 is 1.78 bits per heavy atom. The molecule has 0 fully saturated rings. The minimum Gasteiger partial charge on any atom is -0.627 e. The molecule has 1 aliphatic heterocycles. The van der Waals surface area contributed by atoms with Crippen molar-refractivity contribution in [3.63, 3.8) is 0 Å². The molecule has 2 atom stereocenters. The van der Waals surface area contributed by atoms with E-state index in [1.54, 1.807) is 12.2 Å². The van der Waals surface area contributed by atoms with Gasteiger partial charge in [-0.3, -0.25) is 0 Å². The Labute approximate surface area is 53.8 Å². The zero-order chi connectivity index (χ0) is 6.69. The lowest BCUT2D eigenvalue weighted by Crippen LogP contribution is -3.07. The number of nitrogens with one attached hydrogen (secondary N) is 1. The number of ether oxygens (including phenoxy) is 1. The molecule has 0 saturated heterocycles. The van der Waals surface area contributed by atoms with Crippen LogP contribution in [-0.4, -0.2) is 13.3 Å². The van der Waals surface area contributed by atoms with E-state index in [0.717, 1.165) is 0 Å². The first-order chi connectivity index (χ1) is 4.34. The molecule has 2 unspecified atom stereocenters. The predicted molar refractivity (Wildman–Crippen MR) is 32.1 cm³/mol. The van der Waals surface area contributed by atoms with E-state index in [1.165, 1.54) is 13.3 Å². The molecule has 1 aliphatic rings. The van der Waals surface area contributed by atoms with Crippen molar-refractivity contribution in [1.29, 1.82) is 0 Å². The normalized spacial score (nSPS) is 33.1. The zero-order valence-electron chi connectivity index (χ0n) is 5.13. The van der Waals surface area contributed by atoms with E-state index in [9.17, 15) is 5.21 Å². The van der Waals surface area contributed by atoms with Gasteiger partial charge in [-0.2, -0.15) is 0 Å². The third kappa shape index (κ3) is 1.38. The molecule has 3 nitrogen and oxygen atoms in total. The van der Waals surface area contributed by atoms with Crippen molar-refractivity contribution in [2.45, 2.75) is 6.23 Å². The fourth-order valence-electron chi connectivity index (χ4n) is 0.645. The molecule has 0 aromatic carbocycles. The maximum atomic E-state index is 10.7. The summed E-state index contributed by atoms with van der Waals surface area (Å²) in [6, 6.07) is 0. The summed E-state index contributed by atoms with van der Waals surface area (Å²) in [5, 5.41) is 10.7. The second kappa shape index (κ2) is 2.77. The summed E-state index contributed by atoms with van der Waals surface area (Å²) in [6.07, 6.45) is 7.01. The first kappa shape index (κ1) is 6.48. The summed E-state index contributed by atoms with van der Waals surface area (Å²) in [5.41, 5.74) is 0. The van der Waals surface area contributed by atoms with Gasteiger partial charge < -0.3 is 15.0 Å². The molecule has 0 bridgehead atoms. The summed E-state index contributed by atoms with van der Waals surface area (Å²) in [7, 11) is 1.51. The predicted octanol–water partition coefficient (Wildman–Crippen LogP) is -0.772. The van der Waals surface area contributed by atoms with Crippen molar-refractivity contribution in [3.05, 3.63) is 29.6 Å². The molecule has 0 amide bonds. The molecule has 1 rings (SSSR count). The summed E-state index contributed by atoms with van der Waals surface area (Å²) in [5.74, 6) is 0. The number of hydrogen-bond acceptors (Lipinski definition) is 2. The number of allylic oxidation sites excluding steroid dienone is 2. The molecular weight excluding hydrogens is 118 g/mol. The largest absolute Gasteiger partial charge is 0.627 e. The molecule has 1 heterocycles. The number of hydroxylamine groups is 2. The van der Waals surface area contributed by atoms with E-state index in [4.69, 9.17) is 4.74 Å². The summed E-state index contributed by atoms with van der Waals surface area (Å²) >= 11 is 0. The number of rotatable bonds is 1. The topological polar surface area (TPSA) is 36.7 Å². The van der Waals surface area contributed by atoms with Gasteiger partial charge in [0.1, 0.15) is 6.20 Å². The molecule has 0 spiro atoms. The Morgan fingerprint density at radius 2 is 2.56 bits per heavy atom. The van der Waals surface area contributed by atoms with Crippen LogP contribution < -0.4 is 5.06 Å². The number of hydrogen-bond donors (Lipinski definition) is 1. The van der Waals surface area contributed by atoms with Crippen molar-refractivity contribution in [2.24, 2.45) is 0 Å². The molecule has 0 saturated carbocycles. The van der Waals surface area contributed by atoms with E-state index < -0.39 is 0 Å². The SMILES string of the molecule is COC1C=C[C]=C[NH+]1[O-]. The van der Waals surface area contributed by atoms with Gasteiger partial charge in [0.2, 0.25) is 6.23 Å². The molecule has 0 aromatic rings. The van der Waals surface area contributed by atoms with Crippen LogP contribution >= 0.6 is 0 Å². The maximum Gasteiger partial charge on any atom is 0.215 e. The smallest absolute Gasteiger partial charge is 0.215 e. The van der Waals surface area contributed by atoms with Crippen LogP contribution in [0.25, 0.3) is 0 Å². The van der Waals surface area contributed by atoms with Gasteiger partial charge >= 0.3 is 0 Å². The molecule has 0 aromatic heterocycles. The van der Waals surface area contributed by atoms with Gasteiger partial charge in [0.25, 0.3) is 0 Å². The zero-order valence-corrected chi connectivity index (χ0v) is 5.13. The number of quaternary nitrogens is 1. The highest BCUT2D eigenvalue weighted by atomic mass is 16.6. The molecular formula is C6H8NO2. The standard InChI is InChI=1S/C6H8NO2/c1-9-6-4-2-3-5-7(6)8/h2,4-7H,1H3. The van der Waals surface area contributed by atoms with E-state index in [-0.39, 0.29) is 11.3 Å². The first-order valence-corrected chi connectivity index (χ1v) is 2.67. The minimum atomic E-state index is -0.383. The molecule has 0 aliphatic carbocycles. The Morgan fingerprint density at radius 3 is 3.00 bits per heavy atom. The Bertz CT molecular complexity index is 142. The lowest BCUT2D eigenvalue weighted by Gasteiger charge is -2.25. The van der Waals surface area contributed by atoms with E-state index >= 15 is 0 Å². The Hall–Kier alpha value is -0.640. The average Bonchev–Trinajstić information content (AvgIpc) is 1.89. The van der Waals surface area contributed by atoms with Crippen LogP contribution in [-0.2, 0) is 4.74 Å². The highest BCUT2D eigenvalue weighted by Gasteiger charge is 2.09. The first-order valence-electron chi connectivity index (χ1n) is 2.67. The fraction of sp³-hybridized carbons (Fsp3) is 0.333. The van der Waals surface area contributed by atoms with E-state index in [1.807, 2.05) is 0 Å². The van der Waals surface area contributed by atoms with Gasteiger partial charge in [-0.05, 0) is 6.08 Å². The minimum absolute atomic E-state index is 0.0417. The van der Waals surface area contributed by atoms with Crippen LogP contribution in [0.3, 0.4) is 0 Å². The third-order valence-corrected chi connectivity index (χ3v) is 1.13. The second-order valence-corrected chi connectivity index (χ2v) is 1.73. The Balaban J connectivity index is 2.55. The highest BCUT2D eigenvalue weighted by molar-refractivity contribution is 4.97. The van der Waals surface area contributed by atoms with E-state index in [0.29, 0.717) is 0 Å². The van der Waals surface area contributed by atoms with Gasteiger partial charge in [-0.1, -0.05) is 0 Å². The molecule has 1 N–H and O–H groups in total. The second-order valence-electron chi connectivity index (χ2n) is 1.73. The lowest BCUT2D eigenvalue weighted by molar-refractivity contribution is -0.841. The lowest BCUT2D eigenvalue weighted by atomic mass is 10.4. The van der Waals surface area contributed by atoms with Crippen LogP contribution in [0.1, 0.15) is 0 Å². The fourth-order valence-corrected chi connectivity index (χ4v) is 0.645. The number of methoxy groups -OCH3 is 1. The monoisotopic (exact) mass is 126 g/mol. The van der Waals surface area contributed by atoms with Crippen LogP contribution in [0.4, 0.5) is 0 Å². The van der Waals surface area contributed by atoms with Crippen LogP contribution in [0.2, 0.25) is 0 Å². The summed E-state index contributed by atoms with van der Waals surface area (Å²) in [6.45, 7) is 0. The van der Waals surface area contributed by atoms with E-state index in [2.05, 4.69) is 6.08 Å². The maximum absolute atomic E-state index is 10.7. The molecule has 9 heavy (non-hydrogen) atoms. The van der Waals surface area contributed by atoms with Gasteiger partial charge in [0.05, 0.1) is 0 Å². The van der Waals surface area contributed by atoms with Crippen LogP contribution in [0, 0.1) is 11.3 Å². The van der Waals surface area contributed by atoms with Crippen LogP contribution in [0.15, 0.2) is 18.4 Å². The summed E-state index contributed by atoms with van der Waals surface area (Å²) in [4.78, 5) is 0. The third-order valence-electron chi connectivity index (χ3n) is 1.13. The van der Waals surface area contributed by atoms with Gasteiger partial charge in [0.15, 0.2) is 0 Å². The molecule has 1 radical (unpaired) electrons. The Kier molecular flexibility index (Phi) is 2.00. The van der Waals surface area contributed by atoms with Gasteiger partial charge in [-0.25, -0.2) is 0 Å². The van der Waals surface area contributed by atoms with Crippen molar-refractivity contribution in [1.82, 2.24) is 0 Å². The van der Waals surface area contributed by atoms with Crippen molar-refractivity contribution in [2.75, 3.05) is 7.11 Å². The van der Waals surface area contributed by atoms with Gasteiger partial charge in [0, 0.05) is 19.3 Å². The van der Waals surface area contributed by atoms with Crippen molar-refractivity contribution < 1.29 is 9.80 Å². The molecule has 3 heteroatoms. The average molecular weight is 126 g/mol.